The van der Waals surface area contributed by atoms with Crippen LogP contribution in [0, 0.1) is 0 Å². The molecule has 1 aromatic carbocycles. The van der Waals surface area contributed by atoms with Gasteiger partial charge in [-0.25, -0.2) is 4.99 Å². The fourth-order valence-electron chi connectivity index (χ4n) is 2.28. The highest BCUT2D eigenvalue weighted by Gasteiger charge is 2.30. The third-order valence-electron chi connectivity index (χ3n) is 3.60. The number of carbonyl (C=O) groups is 1. The summed E-state index contributed by atoms with van der Waals surface area (Å²) in [6.45, 7) is 2.10. The molecule has 116 valence electrons. The lowest BCUT2D eigenvalue weighted by molar-refractivity contribution is -0.121. The zero-order valence-corrected chi connectivity index (χ0v) is 13.9. The van der Waals surface area contributed by atoms with Crippen LogP contribution in [0.4, 0.5) is 5.69 Å². The second-order valence-electron chi connectivity index (χ2n) is 5.13. The van der Waals surface area contributed by atoms with Gasteiger partial charge in [-0.15, -0.1) is 0 Å². The molecule has 4 nitrogen and oxygen atoms in total. The van der Waals surface area contributed by atoms with Crippen LogP contribution in [0.2, 0.25) is 0 Å². The maximum atomic E-state index is 12.4. The monoisotopic (exact) mass is 323 g/mol. The molecule has 1 aromatic heterocycles. The summed E-state index contributed by atoms with van der Waals surface area (Å²) in [6, 6.07) is 11.8. The molecule has 0 atom stereocenters. The van der Waals surface area contributed by atoms with E-state index in [2.05, 4.69) is 23.0 Å². The smallest absolute Gasteiger partial charge is 0.266 e. The average molecular weight is 323 g/mol. The number of aliphatic imine (C=N–C) groups is 1. The van der Waals surface area contributed by atoms with Gasteiger partial charge in [0.1, 0.15) is 0 Å². The molecular formula is C18H17N3OS. The van der Waals surface area contributed by atoms with Crippen LogP contribution in [0.5, 0.6) is 0 Å². The van der Waals surface area contributed by atoms with E-state index < -0.39 is 0 Å². The van der Waals surface area contributed by atoms with Crippen LogP contribution in [-0.4, -0.2) is 28.0 Å². The van der Waals surface area contributed by atoms with E-state index in [1.54, 1.807) is 24.3 Å². The van der Waals surface area contributed by atoms with Gasteiger partial charge in [0, 0.05) is 19.4 Å². The zero-order valence-electron chi connectivity index (χ0n) is 13.1. The molecule has 0 spiro atoms. The predicted molar refractivity (Wildman–Crippen MR) is 95.5 cm³/mol. The molecule has 2 aromatic rings. The second-order valence-corrected chi connectivity index (χ2v) is 6.14. The second kappa shape index (κ2) is 6.79. The maximum absolute atomic E-state index is 12.4. The van der Waals surface area contributed by atoms with Crippen molar-refractivity contribution in [3.8, 4) is 0 Å². The number of aromatic nitrogens is 1. The standard InChI is InChI=1S/C18H17N3OS/c1-3-14-6-4-5-7-15(14)20-18-21(2)17(22)16(23-18)12-13-8-10-19-11-9-13/h4-12H,3H2,1-2H3/b16-12-,20-18?. The number of carbonyl (C=O) groups excluding carboxylic acids is 1. The van der Waals surface area contributed by atoms with Gasteiger partial charge < -0.3 is 0 Å². The van der Waals surface area contributed by atoms with Crippen molar-refractivity contribution in [2.45, 2.75) is 13.3 Å². The van der Waals surface area contributed by atoms with Gasteiger partial charge in [0.2, 0.25) is 0 Å². The summed E-state index contributed by atoms with van der Waals surface area (Å²) >= 11 is 1.40. The van der Waals surface area contributed by atoms with E-state index in [-0.39, 0.29) is 5.91 Å². The summed E-state index contributed by atoms with van der Waals surface area (Å²) in [5, 5.41) is 0.705. The Kier molecular flexibility index (Phi) is 4.57. The first-order valence-corrected chi connectivity index (χ1v) is 8.25. The van der Waals surface area contributed by atoms with Crippen molar-refractivity contribution in [3.63, 3.8) is 0 Å². The largest absolute Gasteiger partial charge is 0.290 e. The van der Waals surface area contributed by atoms with Crippen molar-refractivity contribution in [1.82, 2.24) is 9.88 Å². The van der Waals surface area contributed by atoms with E-state index >= 15 is 0 Å². The number of hydrogen-bond acceptors (Lipinski definition) is 4. The molecule has 23 heavy (non-hydrogen) atoms. The number of pyridine rings is 1. The fourth-order valence-corrected chi connectivity index (χ4v) is 3.26. The number of benzene rings is 1. The number of hydrogen-bond donors (Lipinski definition) is 0. The van der Waals surface area contributed by atoms with Crippen molar-refractivity contribution in [1.29, 1.82) is 0 Å². The molecule has 0 saturated carbocycles. The molecule has 1 amide bonds. The topological polar surface area (TPSA) is 45.6 Å². The number of thioether (sulfide) groups is 1. The highest BCUT2D eigenvalue weighted by molar-refractivity contribution is 8.18. The Balaban J connectivity index is 1.92. The Bertz CT molecular complexity index is 784. The third kappa shape index (κ3) is 3.35. The molecular weight excluding hydrogens is 306 g/mol. The van der Waals surface area contributed by atoms with Crippen molar-refractivity contribution < 1.29 is 4.79 Å². The van der Waals surface area contributed by atoms with E-state index in [4.69, 9.17) is 0 Å². The number of nitrogens with zero attached hydrogens (tertiary/aromatic N) is 3. The summed E-state index contributed by atoms with van der Waals surface area (Å²) in [5.41, 5.74) is 3.05. The normalized spacial score (nSPS) is 18.2. The van der Waals surface area contributed by atoms with Gasteiger partial charge in [-0.3, -0.25) is 14.7 Å². The average Bonchev–Trinajstić information content (AvgIpc) is 2.84. The van der Waals surface area contributed by atoms with Gasteiger partial charge in [-0.1, -0.05) is 25.1 Å². The summed E-state index contributed by atoms with van der Waals surface area (Å²) < 4.78 is 0. The SMILES string of the molecule is CCc1ccccc1N=C1S/C(=C\c2ccncc2)C(=O)N1C. The van der Waals surface area contributed by atoms with Gasteiger partial charge in [0.05, 0.1) is 10.6 Å². The van der Waals surface area contributed by atoms with E-state index in [1.165, 1.54) is 17.3 Å². The van der Waals surface area contributed by atoms with E-state index in [0.717, 1.165) is 17.7 Å². The lowest BCUT2D eigenvalue weighted by Gasteiger charge is -2.08. The molecule has 0 aliphatic carbocycles. The summed E-state index contributed by atoms with van der Waals surface area (Å²) in [4.78, 5) is 23.4. The molecule has 0 unspecified atom stereocenters. The number of likely N-dealkylation sites (N-methyl/N-ethyl adjacent to an activating group) is 1. The number of para-hydroxylation sites is 1. The van der Waals surface area contributed by atoms with Crippen molar-refractivity contribution in [2.75, 3.05) is 7.05 Å². The molecule has 1 fully saturated rings. The molecule has 2 heterocycles. The van der Waals surface area contributed by atoms with E-state index in [1.807, 2.05) is 36.4 Å². The van der Waals surface area contributed by atoms with Crippen molar-refractivity contribution in [3.05, 3.63) is 64.8 Å². The fraction of sp³-hybridized carbons (Fsp3) is 0.167. The Hall–Kier alpha value is -2.40. The first kappa shape index (κ1) is 15.5. The number of aryl methyl sites for hydroxylation is 1. The van der Waals surface area contributed by atoms with Gasteiger partial charge in [-0.05, 0) is 53.6 Å². The van der Waals surface area contributed by atoms with Crippen LogP contribution in [0.3, 0.4) is 0 Å². The zero-order chi connectivity index (χ0) is 16.2. The molecule has 0 bridgehead atoms. The molecule has 5 heteroatoms. The highest BCUT2D eigenvalue weighted by atomic mass is 32.2. The third-order valence-corrected chi connectivity index (χ3v) is 4.66. The van der Waals surface area contributed by atoms with Crippen LogP contribution < -0.4 is 0 Å². The number of amidine groups is 1. The van der Waals surface area contributed by atoms with Gasteiger partial charge >= 0.3 is 0 Å². The Labute approximate surface area is 140 Å². The first-order chi connectivity index (χ1) is 11.2. The molecule has 1 aliphatic rings. The quantitative estimate of drug-likeness (QED) is 0.805. The molecule has 1 aliphatic heterocycles. The van der Waals surface area contributed by atoms with E-state index in [9.17, 15) is 4.79 Å². The van der Waals surface area contributed by atoms with Gasteiger partial charge in [-0.2, -0.15) is 0 Å². The van der Waals surface area contributed by atoms with Crippen LogP contribution >= 0.6 is 11.8 Å². The number of amides is 1. The minimum Gasteiger partial charge on any atom is -0.290 e. The molecule has 3 rings (SSSR count). The summed E-state index contributed by atoms with van der Waals surface area (Å²) in [6.07, 6.45) is 6.22. The van der Waals surface area contributed by atoms with E-state index in [0.29, 0.717) is 10.1 Å². The minimum absolute atomic E-state index is 0.0282. The van der Waals surface area contributed by atoms with Gasteiger partial charge in [0.25, 0.3) is 5.91 Å². The van der Waals surface area contributed by atoms with Crippen molar-refractivity contribution >= 4 is 34.6 Å². The summed E-state index contributed by atoms with van der Waals surface area (Å²) in [5.74, 6) is -0.0282. The van der Waals surface area contributed by atoms with Crippen LogP contribution in [-0.2, 0) is 11.2 Å². The first-order valence-electron chi connectivity index (χ1n) is 7.43. The lowest BCUT2D eigenvalue weighted by atomic mass is 10.1. The predicted octanol–water partition coefficient (Wildman–Crippen LogP) is 3.88. The minimum atomic E-state index is -0.0282. The van der Waals surface area contributed by atoms with Crippen molar-refractivity contribution in [2.24, 2.45) is 4.99 Å². The van der Waals surface area contributed by atoms with Crippen LogP contribution in [0.25, 0.3) is 6.08 Å². The lowest BCUT2D eigenvalue weighted by Crippen LogP contribution is -2.23. The van der Waals surface area contributed by atoms with Gasteiger partial charge in [0.15, 0.2) is 5.17 Å². The number of rotatable bonds is 3. The van der Waals surface area contributed by atoms with Crippen LogP contribution in [0.1, 0.15) is 18.1 Å². The molecule has 0 radical (unpaired) electrons. The molecule has 1 saturated heterocycles. The Morgan fingerprint density at radius 3 is 2.70 bits per heavy atom. The highest BCUT2D eigenvalue weighted by Crippen LogP contribution is 2.33. The summed E-state index contributed by atoms with van der Waals surface area (Å²) in [7, 11) is 1.76. The van der Waals surface area contributed by atoms with Crippen LogP contribution in [0.15, 0.2) is 58.7 Å². The Morgan fingerprint density at radius 1 is 1.22 bits per heavy atom. The maximum Gasteiger partial charge on any atom is 0.266 e. The molecule has 0 N–H and O–H groups in total. The Morgan fingerprint density at radius 2 is 1.96 bits per heavy atom.